The van der Waals surface area contributed by atoms with Crippen LogP contribution in [-0.4, -0.2) is 85.6 Å². The summed E-state index contributed by atoms with van der Waals surface area (Å²) in [4.78, 5) is 1.55. The van der Waals surface area contributed by atoms with E-state index in [1.807, 2.05) is 0 Å². The van der Waals surface area contributed by atoms with Crippen LogP contribution in [0.2, 0.25) is 0 Å². The molecule has 0 aromatic carbocycles. The van der Waals surface area contributed by atoms with Crippen molar-refractivity contribution in [2.24, 2.45) is 0 Å². The monoisotopic (exact) mass is 285 g/mol. The summed E-state index contributed by atoms with van der Waals surface area (Å²) in [6, 6.07) is 0. The molecule has 0 saturated heterocycles. The molecule has 0 bridgehead atoms. The van der Waals surface area contributed by atoms with Crippen molar-refractivity contribution in [3.05, 3.63) is 0 Å². The molecule has 0 aliphatic carbocycles. The number of hydrogen-bond acceptors (Lipinski definition) is 7. The second-order valence-corrected chi connectivity index (χ2v) is 5.09. The molecular formula is C9H19NO5S2. The summed E-state index contributed by atoms with van der Waals surface area (Å²) in [5.41, 5.74) is 0. The van der Waals surface area contributed by atoms with Crippen LogP contribution in [0, 0.1) is 0 Å². The molecule has 17 heavy (non-hydrogen) atoms. The van der Waals surface area contributed by atoms with Crippen LogP contribution in [0.15, 0.2) is 0 Å². The molecule has 0 fully saturated rings. The number of rotatable bonds is 6. The molecule has 0 rings (SSSR count). The molecule has 102 valence electrons. The van der Waals surface area contributed by atoms with Gasteiger partial charge in [-0.15, -0.1) is 11.8 Å². The predicted molar refractivity (Wildman–Crippen MR) is 69.9 cm³/mol. The standard InChI is InChI=1S/C9H19NO5S2/c1-10(9(16)17-2)3-5(12)7(14)8(15)6(13)4-11/h5-8,11-15H,3-4H2,1-2H3. The molecule has 6 nitrogen and oxygen atoms in total. The Kier molecular flexibility index (Phi) is 8.22. The Bertz CT molecular complexity index is 243. The third-order valence-electron chi connectivity index (χ3n) is 2.27. The van der Waals surface area contributed by atoms with Crippen LogP contribution in [0.1, 0.15) is 0 Å². The van der Waals surface area contributed by atoms with Crippen molar-refractivity contribution in [3.63, 3.8) is 0 Å². The molecule has 4 unspecified atom stereocenters. The number of thioether (sulfide) groups is 1. The molecule has 0 radical (unpaired) electrons. The maximum absolute atomic E-state index is 9.63. The molecule has 0 aliphatic heterocycles. The quantitative estimate of drug-likeness (QED) is 0.357. The van der Waals surface area contributed by atoms with Gasteiger partial charge in [0.1, 0.15) is 22.6 Å². The Morgan fingerprint density at radius 1 is 1.18 bits per heavy atom. The van der Waals surface area contributed by atoms with E-state index in [-0.39, 0.29) is 6.54 Å². The number of thiocarbonyl (C=S) groups is 1. The van der Waals surface area contributed by atoms with Gasteiger partial charge in [0.25, 0.3) is 0 Å². The normalized spacial score (nSPS) is 18.3. The van der Waals surface area contributed by atoms with E-state index in [0.717, 1.165) is 0 Å². The smallest absolute Gasteiger partial charge is 0.135 e. The number of aliphatic hydroxyl groups is 5. The number of likely N-dealkylation sites (N-methyl/N-ethyl adjacent to an activating group) is 1. The van der Waals surface area contributed by atoms with Crippen molar-refractivity contribution in [1.29, 1.82) is 0 Å². The first-order valence-electron chi connectivity index (χ1n) is 4.97. The lowest BCUT2D eigenvalue weighted by molar-refractivity contribution is -0.116. The molecule has 5 N–H and O–H groups in total. The van der Waals surface area contributed by atoms with Crippen molar-refractivity contribution in [2.45, 2.75) is 24.4 Å². The summed E-state index contributed by atoms with van der Waals surface area (Å²) in [5, 5.41) is 46.3. The minimum absolute atomic E-state index is 0.0239. The molecule has 0 spiro atoms. The predicted octanol–water partition coefficient (Wildman–Crippen LogP) is -2.00. The molecule has 4 atom stereocenters. The zero-order chi connectivity index (χ0) is 13.6. The molecule has 0 aliphatic rings. The zero-order valence-electron chi connectivity index (χ0n) is 9.72. The second kappa shape index (κ2) is 8.20. The molecule has 0 amide bonds. The molecular weight excluding hydrogens is 266 g/mol. The van der Waals surface area contributed by atoms with Crippen LogP contribution in [0.5, 0.6) is 0 Å². The van der Waals surface area contributed by atoms with Crippen LogP contribution < -0.4 is 0 Å². The Balaban J connectivity index is 4.30. The van der Waals surface area contributed by atoms with Crippen molar-refractivity contribution in [1.82, 2.24) is 4.90 Å². The van der Waals surface area contributed by atoms with E-state index in [9.17, 15) is 15.3 Å². The van der Waals surface area contributed by atoms with Gasteiger partial charge in [0.05, 0.1) is 12.7 Å². The summed E-state index contributed by atoms with van der Waals surface area (Å²) in [5.74, 6) is 0. The van der Waals surface area contributed by atoms with E-state index in [1.54, 1.807) is 18.2 Å². The minimum Gasteiger partial charge on any atom is -0.394 e. The zero-order valence-corrected chi connectivity index (χ0v) is 11.4. The van der Waals surface area contributed by atoms with Crippen LogP contribution in [0.4, 0.5) is 0 Å². The van der Waals surface area contributed by atoms with Crippen LogP contribution in [-0.2, 0) is 0 Å². The lowest BCUT2D eigenvalue weighted by Crippen LogP contribution is -2.49. The lowest BCUT2D eigenvalue weighted by atomic mass is 10.0. The van der Waals surface area contributed by atoms with Gasteiger partial charge in [-0.1, -0.05) is 12.2 Å². The number of aliphatic hydroxyl groups excluding tert-OH is 5. The number of hydrogen-bond donors (Lipinski definition) is 5. The Labute approximate surface area is 110 Å². The Hall–Kier alpha value is 0.0400. The highest BCUT2D eigenvalue weighted by molar-refractivity contribution is 8.22. The van der Waals surface area contributed by atoms with Crippen LogP contribution >= 0.6 is 24.0 Å². The van der Waals surface area contributed by atoms with Gasteiger partial charge in [0, 0.05) is 13.6 Å². The third kappa shape index (κ3) is 5.47. The first-order chi connectivity index (χ1) is 7.84. The summed E-state index contributed by atoms with van der Waals surface area (Å²) >= 11 is 6.29. The maximum Gasteiger partial charge on any atom is 0.135 e. The topological polar surface area (TPSA) is 104 Å². The van der Waals surface area contributed by atoms with Gasteiger partial charge in [0.15, 0.2) is 0 Å². The van der Waals surface area contributed by atoms with Crippen molar-refractivity contribution < 1.29 is 25.5 Å². The molecule has 8 heteroatoms. The Morgan fingerprint density at radius 3 is 2.06 bits per heavy atom. The highest BCUT2D eigenvalue weighted by Crippen LogP contribution is 2.09. The first-order valence-corrected chi connectivity index (χ1v) is 6.60. The molecule has 0 aromatic heterocycles. The summed E-state index contributed by atoms with van der Waals surface area (Å²) in [6.07, 6.45) is -4.14. The Morgan fingerprint density at radius 2 is 1.65 bits per heavy atom. The highest BCUT2D eigenvalue weighted by atomic mass is 32.2. The summed E-state index contributed by atoms with van der Waals surface area (Å²) in [7, 11) is 1.64. The van der Waals surface area contributed by atoms with Crippen molar-refractivity contribution in [2.75, 3.05) is 26.5 Å². The fraction of sp³-hybridized carbons (Fsp3) is 0.889. The fourth-order valence-corrected chi connectivity index (χ4v) is 1.64. The van der Waals surface area contributed by atoms with E-state index in [1.165, 1.54) is 11.8 Å². The first kappa shape index (κ1) is 17.0. The van der Waals surface area contributed by atoms with E-state index in [0.29, 0.717) is 4.32 Å². The number of nitrogens with zero attached hydrogens (tertiary/aromatic N) is 1. The van der Waals surface area contributed by atoms with Gasteiger partial charge in [-0.25, -0.2) is 0 Å². The third-order valence-corrected chi connectivity index (χ3v) is 3.75. The molecule has 0 heterocycles. The fourth-order valence-electron chi connectivity index (χ4n) is 1.18. The van der Waals surface area contributed by atoms with Gasteiger partial charge in [0.2, 0.25) is 0 Å². The SMILES string of the molecule is CSC(=S)N(C)CC(O)C(O)C(O)C(O)CO. The van der Waals surface area contributed by atoms with Crippen molar-refractivity contribution >= 4 is 28.3 Å². The maximum atomic E-state index is 9.63. The summed E-state index contributed by atoms with van der Waals surface area (Å²) in [6.45, 7) is -0.667. The molecule has 0 aromatic rings. The average molecular weight is 285 g/mol. The van der Waals surface area contributed by atoms with E-state index in [2.05, 4.69) is 0 Å². The molecule has 0 saturated carbocycles. The van der Waals surface area contributed by atoms with Gasteiger partial charge in [-0.05, 0) is 6.26 Å². The van der Waals surface area contributed by atoms with Crippen LogP contribution in [0.25, 0.3) is 0 Å². The van der Waals surface area contributed by atoms with E-state index >= 15 is 0 Å². The average Bonchev–Trinajstić information content (AvgIpc) is 2.34. The van der Waals surface area contributed by atoms with E-state index in [4.69, 9.17) is 22.4 Å². The largest absolute Gasteiger partial charge is 0.394 e. The highest BCUT2D eigenvalue weighted by Gasteiger charge is 2.30. The van der Waals surface area contributed by atoms with E-state index < -0.39 is 31.0 Å². The van der Waals surface area contributed by atoms with Crippen LogP contribution in [0.3, 0.4) is 0 Å². The van der Waals surface area contributed by atoms with Gasteiger partial charge >= 0.3 is 0 Å². The second-order valence-electron chi connectivity index (χ2n) is 3.65. The summed E-state index contributed by atoms with van der Waals surface area (Å²) < 4.78 is 0.536. The van der Waals surface area contributed by atoms with Gasteiger partial charge < -0.3 is 30.4 Å². The lowest BCUT2D eigenvalue weighted by Gasteiger charge is -2.29. The van der Waals surface area contributed by atoms with Gasteiger partial charge in [-0.3, -0.25) is 0 Å². The van der Waals surface area contributed by atoms with Gasteiger partial charge in [-0.2, -0.15) is 0 Å². The minimum atomic E-state index is -1.61. The van der Waals surface area contributed by atoms with Crippen molar-refractivity contribution in [3.8, 4) is 0 Å².